The second-order valence-electron chi connectivity index (χ2n) is 2.81. The summed E-state index contributed by atoms with van der Waals surface area (Å²) in [6.45, 7) is 0. The molecule has 2 aromatic rings. The molecule has 0 aromatic carbocycles. The van der Waals surface area contributed by atoms with Crippen molar-refractivity contribution in [1.29, 1.82) is 0 Å². The Morgan fingerprint density at radius 3 is 3.00 bits per heavy atom. The highest BCUT2D eigenvalue weighted by Crippen LogP contribution is 2.18. The molecule has 5 nitrogen and oxygen atoms in total. The number of aliphatic hydroxyl groups excluding tert-OH is 1. The molecule has 2 aromatic heterocycles. The highest BCUT2D eigenvalue weighted by molar-refractivity contribution is 5.19. The summed E-state index contributed by atoms with van der Waals surface area (Å²) < 4.78 is 1.64. The van der Waals surface area contributed by atoms with Gasteiger partial charge in [-0.3, -0.25) is 9.78 Å². The van der Waals surface area contributed by atoms with E-state index in [1.807, 2.05) is 0 Å². The highest BCUT2D eigenvalue weighted by Gasteiger charge is 2.14. The van der Waals surface area contributed by atoms with Crippen molar-refractivity contribution in [3.63, 3.8) is 0 Å². The van der Waals surface area contributed by atoms with Crippen LogP contribution in [0.1, 0.15) is 17.4 Å². The van der Waals surface area contributed by atoms with E-state index in [4.69, 9.17) is 0 Å². The molecule has 0 saturated heterocycles. The van der Waals surface area contributed by atoms with Gasteiger partial charge in [0.15, 0.2) is 0 Å². The molecule has 0 aliphatic heterocycles. The first-order valence-electron chi connectivity index (χ1n) is 3.93. The molecule has 0 fully saturated rings. The molecule has 0 amide bonds. The van der Waals surface area contributed by atoms with Crippen LogP contribution in [-0.2, 0) is 7.05 Å². The van der Waals surface area contributed by atoms with E-state index in [0.29, 0.717) is 0 Å². The van der Waals surface area contributed by atoms with E-state index >= 15 is 0 Å². The van der Waals surface area contributed by atoms with Crippen LogP contribution in [0, 0.1) is 0 Å². The van der Waals surface area contributed by atoms with Gasteiger partial charge in [-0.1, -0.05) is 0 Å². The lowest BCUT2D eigenvalue weighted by atomic mass is 10.1. The maximum atomic E-state index is 9.83. The fraction of sp³-hybridized carbons (Fsp3) is 0.250. The summed E-state index contributed by atoms with van der Waals surface area (Å²) in [6.07, 6.45) is 4.25. The van der Waals surface area contributed by atoms with Gasteiger partial charge in [0.1, 0.15) is 6.10 Å². The first kappa shape index (κ1) is 8.00. The molecular weight excluding hydrogens is 168 g/mol. The molecule has 2 N–H and O–H groups in total. The van der Waals surface area contributed by atoms with Gasteiger partial charge in [-0.25, -0.2) is 0 Å². The summed E-state index contributed by atoms with van der Waals surface area (Å²) in [6, 6.07) is 1.78. The molecule has 13 heavy (non-hydrogen) atoms. The van der Waals surface area contributed by atoms with Crippen molar-refractivity contribution < 1.29 is 5.11 Å². The van der Waals surface area contributed by atoms with E-state index in [0.717, 1.165) is 11.3 Å². The Morgan fingerprint density at radius 1 is 1.62 bits per heavy atom. The molecule has 0 aliphatic carbocycles. The molecule has 2 heterocycles. The number of nitrogens with zero attached hydrogens (tertiary/aromatic N) is 3. The predicted molar refractivity (Wildman–Crippen MR) is 45.9 cm³/mol. The van der Waals surface area contributed by atoms with E-state index < -0.39 is 6.10 Å². The summed E-state index contributed by atoms with van der Waals surface area (Å²) in [4.78, 5) is 0. The van der Waals surface area contributed by atoms with Crippen LogP contribution in [0.5, 0.6) is 0 Å². The number of hydrogen-bond donors (Lipinski definition) is 2. The Balaban J connectivity index is 2.33. The fourth-order valence-electron chi connectivity index (χ4n) is 1.23. The van der Waals surface area contributed by atoms with Crippen molar-refractivity contribution in [1.82, 2.24) is 20.0 Å². The molecule has 0 bridgehead atoms. The van der Waals surface area contributed by atoms with E-state index in [1.165, 1.54) is 0 Å². The van der Waals surface area contributed by atoms with Gasteiger partial charge in [-0.15, -0.1) is 0 Å². The Morgan fingerprint density at radius 2 is 2.46 bits per heavy atom. The number of hydrogen-bond acceptors (Lipinski definition) is 3. The topological polar surface area (TPSA) is 66.7 Å². The predicted octanol–water partition coefficient (Wildman–Crippen LogP) is 0.225. The molecule has 0 saturated carbocycles. The number of rotatable bonds is 2. The Labute approximate surface area is 75.0 Å². The lowest BCUT2D eigenvalue weighted by Crippen LogP contribution is -2.05. The van der Waals surface area contributed by atoms with E-state index in [-0.39, 0.29) is 0 Å². The van der Waals surface area contributed by atoms with E-state index in [9.17, 15) is 5.11 Å². The molecule has 2 rings (SSSR count). The number of H-pyrrole nitrogens is 1. The lowest BCUT2D eigenvalue weighted by molar-refractivity contribution is 0.210. The standard InChI is InChI=1S/C8H10N4O/c1-12-7(2-3-11-12)8(13)6-4-9-10-5-6/h2-5,8,13H,1H3,(H,9,10). The molecule has 1 unspecified atom stereocenters. The van der Waals surface area contributed by atoms with Crippen molar-refractivity contribution in [3.05, 3.63) is 35.9 Å². The molecule has 0 radical (unpaired) electrons. The summed E-state index contributed by atoms with van der Waals surface area (Å²) in [5.41, 5.74) is 1.49. The summed E-state index contributed by atoms with van der Waals surface area (Å²) in [7, 11) is 1.79. The molecule has 5 heteroatoms. The maximum Gasteiger partial charge on any atom is 0.124 e. The zero-order valence-corrected chi connectivity index (χ0v) is 7.18. The summed E-state index contributed by atoms with van der Waals surface area (Å²) in [5.74, 6) is 0. The normalized spacial score (nSPS) is 13.1. The smallest absolute Gasteiger partial charge is 0.124 e. The van der Waals surface area contributed by atoms with Crippen LogP contribution >= 0.6 is 0 Å². The molecular formula is C8H10N4O. The van der Waals surface area contributed by atoms with Crippen molar-refractivity contribution in [3.8, 4) is 0 Å². The average molecular weight is 178 g/mol. The number of nitrogens with one attached hydrogen (secondary N) is 1. The maximum absolute atomic E-state index is 9.83. The zero-order valence-electron chi connectivity index (χ0n) is 7.18. The van der Waals surface area contributed by atoms with Gasteiger partial charge in [0.05, 0.1) is 11.9 Å². The van der Waals surface area contributed by atoms with Crippen LogP contribution in [0.25, 0.3) is 0 Å². The quantitative estimate of drug-likeness (QED) is 0.691. The van der Waals surface area contributed by atoms with Crippen LogP contribution in [0.4, 0.5) is 0 Å². The monoisotopic (exact) mass is 178 g/mol. The minimum atomic E-state index is -0.661. The largest absolute Gasteiger partial charge is 0.382 e. The van der Waals surface area contributed by atoms with Gasteiger partial charge < -0.3 is 5.11 Å². The van der Waals surface area contributed by atoms with Crippen molar-refractivity contribution in [2.45, 2.75) is 6.10 Å². The van der Waals surface area contributed by atoms with Crippen LogP contribution in [0.15, 0.2) is 24.7 Å². The fourth-order valence-corrected chi connectivity index (χ4v) is 1.23. The lowest BCUT2D eigenvalue weighted by Gasteiger charge is -2.07. The summed E-state index contributed by atoms with van der Waals surface area (Å²) in [5, 5.41) is 20.2. The molecule has 0 spiro atoms. The van der Waals surface area contributed by atoms with Gasteiger partial charge in [0.25, 0.3) is 0 Å². The average Bonchev–Trinajstić information content (AvgIpc) is 2.72. The Bertz CT molecular complexity index is 379. The minimum absolute atomic E-state index is 0.661. The highest BCUT2D eigenvalue weighted by atomic mass is 16.3. The van der Waals surface area contributed by atoms with Crippen LogP contribution in [0.3, 0.4) is 0 Å². The Kier molecular flexibility index (Phi) is 1.86. The first-order valence-corrected chi connectivity index (χ1v) is 3.93. The summed E-state index contributed by atoms with van der Waals surface area (Å²) >= 11 is 0. The first-order chi connectivity index (χ1) is 6.29. The van der Waals surface area contributed by atoms with Gasteiger partial charge >= 0.3 is 0 Å². The van der Waals surface area contributed by atoms with Crippen molar-refractivity contribution >= 4 is 0 Å². The van der Waals surface area contributed by atoms with Gasteiger partial charge in [-0.2, -0.15) is 10.2 Å². The molecule has 68 valence electrons. The zero-order chi connectivity index (χ0) is 9.26. The number of aryl methyl sites for hydroxylation is 1. The van der Waals surface area contributed by atoms with E-state index in [2.05, 4.69) is 15.3 Å². The van der Waals surface area contributed by atoms with Crippen LogP contribution in [0.2, 0.25) is 0 Å². The molecule has 1 atom stereocenters. The number of aromatic nitrogens is 4. The molecule has 0 aliphatic rings. The van der Waals surface area contributed by atoms with Crippen LogP contribution < -0.4 is 0 Å². The van der Waals surface area contributed by atoms with Crippen molar-refractivity contribution in [2.24, 2.45) is 7.05 Å². The number of aliphatic hydroxyl groups is 1. The minimum Gasteiger partial charge on any atom is -0.382 e. The second kappa shape index (κ2) is 3.02. The number of aromatic amines is 1. The van der Waals surface area contributed by atoms with Gasteiger partial charge in [-0.05, 0) is 6.07 Å². The van der Waals surface area contributed by atoms with Gasteiger partial charge in [0.2, 0.25) is 0 Å². The third-order valence-corrected chi connectivity index (χ3v) is 1.97. The van der Waals surface area contributed by atoms with Gasteiger partial charge in [0, 0.05) is 25.0 Å². The SMILES string of the molecule is Cn1nccc1C(O)c1cn[nH]c1. The second-order valence-corrected chi connectivity index (χ2v) is 2.81. The third-order valence-electron chi connectivity index (χ3n) is 1.97. The van der Waals surface area contributed by atoms with E-state index in [1.54, 1.807) is 36.4 Å². The Hall–Kier alpha value is -1.62. The third kappa shape index (κ3) is 1.33. The van der Waals surface area contributed by atoms with Crippen LogP contribution in [-0.4, -0.2) is 25.1 Å². The van der Waals surface area contributed by atoms with Crippen molar-refractivity contribution in [2.75, 3.05) is 0 Å².